The number of likely N-dealkylation sites (tertiary alicyclic amines) is 1. The third-order valence-corrected chi connectivity index (χ3v) is 5.69. The van der Waals surface area contributed by atoms with Crippen molar-refractivity contribution >= 4 is 10.8 Å². The Hall–Kier alpha value is -1.50. The van der Waals surface area contributed by atoms with E-state index in [4.69, 9.17) is 14.2 Å². The molecule has 2 aliphatic rings. The Kier molecular flexibility index (Phi) is 7.30. The zero-order valence-corrected chi connectivity index (χ0v) is 16.7. The quantitative estimate of drug-likeness (QED) is 0.653. The van der Waals surface area contributed by atoms with Gasteiger partial charge in [0.05, 0.1) is 39.3 Å². The monoisotopic (exact) mass is 384 g/mol. The molecule has 0 bridgehead atoms. The predicted octanol–water partition coefficient (Wildman–Crippen LogP) is 3.13. The van der Waals surface area contributed by atoms with E-state index in [1.165, 1.54) is 22.8 Å². The van der Waals surface area contributed by atoms with Gasteiger partial charge in [0.15, 0.2) is 0 Å². The summed E-state index contributed by atoms with van der Waals surface area (Å²) in [5, 5.41) is 2.56. The van der Waals surface area contributed by atoms with E-state index >= 15 is 0 Å². The number of hydrogen-bond acceptors (Lipinski definition) is 5. The highest BCUT2D eigenvalue weighted by Gasteiger charge is 2.20. The first-order chi connectivity index (χ1) is 13.9. The molecule has 0 spiro atoms. The molecule has 2 saturated heterocycles. The Labute approximate surface area is 168 Å². The molecule has 0 aromatic heterocycles. The number of morpholine rings is 1. The fourth-order valence-electron chi connectivity index (χ4n) is 4.02. The Morgan fingerprint density at radius 2 is 1.82 bits per heavy atom. The van der Waals surface area contributed by atoms with Gasteiger partial charge >= 0.3 is 0 Å². The molecule has 4 rings (SSSR count). The zero-order valence-electron chi connectivity index (χ0n) is 16.7. The lowest BCUT2D eigenvalue weighted by Gasteiger charge is -2.32. The maximum Gasteiger partial charge on any atom is 0.0991 e. The summed E-state index contributed by atoms with van der Waals surface area (Å²) in [6.07, 6.45) is 2.61. The van der Waals surface area contributed by atoms with Crippen LogP contribution < -0.4 is 0 Å². The molecule has 28 heavy (non-hydrogen) atoms. The van der Waals surface area contributed by atoms with Crippen molar-refractivity contribution in [3.63, 3.8) is 0 Å². The standard InChI is InChI=1S/C23H32N2O3/c1-2-5-22-16-20(7-8-21(22)4-1)18-28-23-6-3-9-25(17-23)19-27-15-12-24-10-13-26-14-11-24/h1-2,4-5,7-8,16,23H,3,6,9-15,17-19H2. The number of hydrogen-bond donors (Lipinski definition) is 0. The summed E-state index contributed by atoms with van der Waals surface area (Å²) in [6.45, 7) is 9.00. The first-order valence-electron chi connectivity index (χ1n) is 10.6. The average Bonchev–Trinajstić information content (AvgIpc) is 2.76. The maximum atomic E-state index is 6.23. The van der Waals surface area contributed by atoms with Gasteiger partial charge in [0, 0.05) is 32.7 Å². The van der Waals surface area contributed by atoms with Crippen LogP contribution in [0.4, 0.5) is 0 Å². The van der Waals surface area contributed by atoms with Crippen LogP contribution in [0, 0.1) is 0 Å². The number of nitrogens with zero attached hydrogens (tertiary/aromatic N) is 2. The molecule has 0 radical (unpaired) electrons. The van der Waals surface area contributed by atoms with E-state index in [0.717, 1.165) is 59.0 Å². The third kappa shape index (κ3) is 5.75. The van der Waals surface area contributed by atoms with Crippen LogP contribution in [0.15, 0.2) is 42.5 Å². The third-order valence-electron chi connectivity index (χ3n) is 5.69. The second-order valence-electron chi connectivity index (χ2n) is 7.83. The molecule has 2 fully saturated rings. The summed E-state index contributed by atoms with van der Waals surface area (Å²) in [5.41, 5.74) is 1.25. The number of rotatable bonds is 8. The lowest BCUT2D eigenvalue weighted by atomic mass is 10.1. The minimum atomic E-state index is 0.295. The highest BCUT2D eigenvalue weighted by Crippen LogP contribution is 2.19. The smallest absolute Gasteiger partial charge is 0.0991 e. The molecule has 1 unspecified atom stereocenters. The predicted molar refractivity (Wildman–Crippen MR) is 111 cm³/mol. The van der Waals surface area contributed by atoms with Gasteiger partial charge in [-0.3, -0.25) is 9.80 Å². The van der Waals surface area contributed by atoms with Crippen molar-refractivity contribution in [2.45, 2.75) is 25.6 Å². The molecule has 152 valence electrons. The summed E-state index contributed by atoms with van der Waals surface area (Å²) in [6, 6.07) is 15.1. The van der Waals surface area contributed by atoms with E-state index in [0.29, 0.717) is 19.4 Å². The second-order valence-corrected chi connectivity index (χ2v) is 7.83. The highest BCUT2D eigenvalue weighted by atomic mass is 16.5. The molecule has 5 heteroatoms. The van der Waals surface area contributed by atoms with Crippen molar-refractivity contribution in [2.24, 2.45) is 0 Å². The average molecular weight is 385 g/mol. The number of benzene rings is 2. The molecule has 0 saturated carbocycles. The minimum Gasteiger partial charge on any atom is -0.379 e. The van der Waals surface area contributed by atoms with Crippen LogP contribution in [-0.4, -0.2) is 75.2 Å². The zero-order chi connectivity index (χ0) is 19.0. The van der Waals surface area contributed by atoms with Gasteiger partial charge in [-0.05, 0) is 35.2 Å². The van der Waals surface area contributed by atoms with Gasteiger partial charge in [-0.1, -0.05) is 36.4 Å². The first-order valence-corrected chi connectivity index (χ1v) is 10.6. The molecule has 5 nitrogen and oxygen atoms in total. The van der Waals surface area contributed by atoms with Crippen molar-refractivity contribution < 1.29 is 14.2 Å². The Morgan fingerprint density at radius 1 is 0.964 bits per heavy atom. The minimum absolute atomic E-state index is 0.295. The fourth-order valence-corrected chi connectivity index (χ4v) is 4.02. The van der Waals surface area contributed by atoms with Crippen LogP contribution in [0.3, 0.4) is 0 Å². The van der Waals surface area contributed by atoms with E-state index < -0.39 is 0 Å². The molecule has 2 aromatic carbocycles. The van der Waals surface area contributed by atoms with Crippen molar-refractivity contribution in [3.8, 4) is 0 Å². The van der Waals surface area contributed by atoms with E-state index in [2.05, 4.69) is 52.3 Å². The number of ether oxygens (including phenoxy) is 3. The Morgan fingerprint density at radius 3 is 2.71 bits per heavy atom. The van der Waals surface area contributed by atoms with Gasteiger partial charge in [0.1, 0.15) is 0 Å². The van der Waals surface area contributed by atoms with Gasteiger partial charge in [-0.25, -0.2) is 0 Å². The van der Waals surface area contributed by atoms with E-state index in [-0.39, 0.29) is 0 Å². The molecular weight excluding hydrogens is 352 g/mol. The molecule has 2 aromatic rings. The Balaban J connectivity index is 1.17. The van der Waals surface area contributed by atoms with Crippen LogP contribution >= 0.6 is 0 Å². The van der Waals surface area contributed by atoms with Crippen LogP contribution in [0.5, 0.6) is 0 Å². The molecule has 2 heterocycles. The Bertz CT molecular complexity index is 733. The fraction of sp³-hybridized carbons (Fsp3) is 0.565. The number of piperidine rings is 1. The SMILES string of the molecule is c1ccc2cc(COC3CCCN(COCCN4CCOCC4)C3)ccc2c1. The summed E-state index contributed by atoms with van der Waals surface area (Å²) >= 11 is 0. The van der Waals surface area contributed by atoms with Crippen LogP contribution in [0.2, 0.25) is 0 Å². The van der Waals surface area contributed by atoms with Crippen LogP contribution in [-0.2, 0) is 20.8 Å². The number of fused-ring (bicyclic) bond motifs is 1. The summed E-state index contributed by atoms with van der Waals surface area (Å²) in [4.78, 5) is 4.79. The molecule has 0 N–H and O–H groups in total. The lowest BCUT2D eigenvalue weighted by molar-refractivity contribution is -0.0547. The van der Waals surface area contributed by atoms with E-state index in [1.54, 1.807) is 0 Å². The van der Waals surface area contributed by atoms with Crippen molar-refractivity contribution in [3.05, 3.63) is 48.0 Å². The molecule has 2 aliphatic heterocycles. The molecule has 1 atom stereocenters. The van der Waals surface area contributed by atoms with Gasteiger partial charge in [-0.2, -0.15) is 0 Å². The van der Waals surface area contributed by atoms with Crippen LogP contribution in [0.25, 0.3) is 10.8 Å². The van der Waals surface area contributed by atoms with Crippen molar-refractivity contribution in [2.75, 3.05) is 59.3 Å². The largest absolute Gasteiger partial charge is 0.379 e. The summed E-state index contributed by atoms with van der Waals surface area (Å²) < 4.78 is 17.5. The van der Waals surface area contributed by atoms with Crippen LogP contribution in [0.1, 0.15) is 18.4 Å². The van der Waals surface area contributed by atoms with Gasteiger partial charge < -0.3 is 14.2 Å². The van der Waals surface area contributed by atoms with Gasteiger partial charge in [-0.15, -0.1) is 0 Å². The summed E-state index contributed by atoms with van der Waals surface area (Å²) in [5.74, 6) is 0. The maximum absolute atomic E-state index is 6.23. The van der Waals surface area contributed by atoms with Crippen molar-refractivity contribution in [1.82, 2.24) is 9.80 Å². The topological polar surface area (TPSA) is 34.2 Å². The highest BCUT2D eigenvalue weighted by molar-refractivity contribution is 5.82. The normalized spacial score (nSPS) is 21.9. The lowest BCUT2D eigenvalue weighted by Crippen LogP contribution is -2.42. The summed E-state index contributed by atoms with van der Waals surface area (Å²) in [7, 11) is 0. The van der Waals surface area contributed by atoms with Crippen molar-refractivity contribution in [1.29, 1.82) is 0 Å². The van der Waals surface area contributed by atoms with Gasteiger partial charge in [0.2, 0.25) is 0 Å². The van der Waals surface area contributed by atoms with E-state index in [1.807, 2.05) is 0 Å². The van der Waals surface area contributed by atoms with E-state index in [9.17, 15) is 0 Å². The molecule has 0 amide bonds. The van der Waals surface area contributed by atoms with Gasteiger partial charge in [0.25, 0.3) is 0 Å². The molecule has 0 aliphatic carbocycles. The molecular formula is C23H32N2O3. The first kappa shape index (κ1) is 19.8. The second kappa shape index (κ2) is 10.3.